The first kappa shape index (κ1) is 18.2. The minimum Gasteiger partial charge on any atom is -0.361 e. The van der Waals surface area contributed by atoms with Crippen molar-refractivity contribution >= 4 is 0 Å². The molecule has 0 aliphatic carbocycles. The Kier molecular flexibility index (Phi) is 6.40. The van der Waals surface area contributed by atoms with Crippen LogP contribution in [-0.4, -0.2) is 6.61 Å². The molecular formula is C25H26O. The normalized spacial score (nSPS) is 11.2. The van der Waals surface area contributed by atoms with E-state index in [4.69, 9.17) is 4.74 Å². The Morgan fingerprint density at radius 1 is 0.654 bits per heavy atom. The average molecular weight is 342 g/mol. The summed E-state index contributed by atoms with van der Waals surface area (Å²) in [5.41, 5.74) is 2.86. The number of benzene rings is 3. The molecule has 0 fully saturated rings. The average Bonchev–Trinajstić information content (AvgIpc) is 2.73. The Hall–Kier alpha value is -2.64. The second-order valence-corrected chi connectivity index (χ2v) is 6.41. The van der Waals surface area contributed by atoms with Gasteiger partial charge in [-0.1, -0.05) is 97.1 Å². The van der Waals surface area contributed by atoms with Crippen molar-refractivity contribution in [2.75, 3.05) is 6.61 Å². The van der Waals surface area contributed by atoms with Crippen LogP contribution in [0, 0.1) is 0 Å². The number of unbranched alkanes of at least 4 members (excludes halogenated alkanes) is 2. The molecule has 1 heteroatoms. The van der Waals surface area contributed by atoms with Gasteiger partial charge in [0.25, 0.3) is 0 Å². The highest BCUT2D eigenvalue weighted by Crippen LogP contribution is 2.40. The fraction of sp³-hybridized carbons (Fsp3) is 0.200. The van der Waals surface area contributed by atoms with Crippen LogP contribution < -0.4 is 0 Å². The maximum Gasteiger partial charge on any atom is 0.143 e. The smallest absolute Gasteiger partial charge is 0.143 e. The molecule has 0 heterocycles. The Balaban J connectivity index is 2.07. The summed E-state index contributed by atoms with van der Waals surface area (Å²) in [5.74, 6) is 0. The molecule has 0 amide bonds. The van der Waals surface area contributed by atoms with Crippen LogP contribution in [-0.2, 0) is 10.3 Å². The standard InChI is InChI=1S/C25H26O/c1-2-3-4-14-21-26-25(22-15-8-5-9-16-22,23-17-10-6-11-18-23)24-19-12-7-13-20-24/h2,5-13,15-20H,1,3-4,14,21H2. The monoisotopic (exact) mass is 342 g/mol. The highest BCUT2D eigenvalue weighted by Gasteiger charge is 2.37. The number of ether oxygens (including phenoxy) is 1. The molecule has 0 aliphatic heterocycles. The first-order chi connectivity index (χ1) is 12.9. The Morgan fingerprint density at radius 3 is 1.46 bits per heavy atom. The zero-order valence-electron chi connectivity index (χ0n) is 15.2. The van der Waals surface area contributed by atoms with Gasteiger partial charge in [0.2, 0.25) is 0 Å². The summed E-state index contributed by atoms with van der Waals surface area (Å²) >= 11 is 0. The van der Waals surface area contributed by atoms with E-state index in [2.05, 4.69) is 79.4 Å². The van der Waals surface area contributed by atoms with Crippen LogP contribution in [0.1, 0.15) is 36.0 Å². The number of allylic oxidation sites excluding steroid dienone is 1. The van der Waals surface area contributed by atoms with Gasteiger partial charge in [0.05, 0.1) is 0 Å². The molecule has 3 rings (SSSR count). The molecule has 0 saturated heterocycles. The summed E-state index contributed by atoms with van der Waals surface area (Å²) in [5, 5.41) is 0. The van der Waals surface area contributed by atoms with Crippen molar-refractivity contribution in [3.05, 3.63) is 120 Å². The lowest BCUT2D eigenvalue weighted by Crippen LogP contribution is -2.33. The first-order valence-corrected chi connectivity index (χ1v) is 9.29. The quantitative estimate of drug-likeness (QED) is 0.250. The minimum atomic E-state index is -0.599. The lowest BCUT2D eigenvalue weighted by atomic mass is 9.80. The molecular weight excluding hydrogens is 316 g/mol. The van der Waals surface area contributed by atoms with Crippen LogP contribution >= 0.6 is 0 Å². The highest BCUT2D eigenvalue weighted by molar-refractivity contribution is 5.47. The number of hydrogen-bond donors (Lipinski definition) is 0. The fourth-order valence-corrected chi connectivity index (χ4v) is 3.38. The van der Waals surface area contributed by atoms with Crippen molar-refractivity contribution in [3.8, 4) is 0 Å². The van der Waals surface area contributed by atoms with E-state index in [0.717, 1.165) is 36.0 Å². The zero-order chi connectivity index (χ0) is 18.1. The van der Waals surface area contributed by atoms with E-state index >= 15 is 0 Å². The van der Waals surface area contributed by atoms with Crippen LogP contribution in [0.3, 0.4) is 0 Å². The third-order valence-electron chi connectivity index (χ3n) is 4.66. The van der Waals surface area contributed by atoms with Crippen LogP contribution in [0.5, 0.6) is 0 Å². The highest BCUT2D eigenvalue weighted by atomic mass is 16.5. The molecule has 0 aromatic heterocycles. The summed E-state index contributed by atoms with van der Waals surface area (Å²) in [6.07, 6.45) is 5.11. The number of rotatable bonds is 9. The van der Waals surface area contributed by atoms with Crippen LogP contribution in [0.4, 0.5) is 0 Å². The van der Waals surface area contributed by atoms with Crippen molar-refractivity contribution in [1.29, 1.82) is 0 Å². The molecule has 3 aromatic carbocycles. The molecule has 0 aliphatic rings. The molecule has 0 radical (unpaired) electrons. The van der Waals surface area contributed by atoms with E-state index in [0.29, 0.717) is 6.61 Å². The van der Waals surface area contributed by atoms with Gasteiger partial charge in [0.1, 0.15) is 5.60 Å². The van der Waals surface area contributed by atoms with Gasteiger partial charge in [0, 0.05) is 6.61 Å². The maximum atomic E-state index is 6.70. The van der Waals surface area contributed by atoms with Gasteiger partial charge in [-0.15, -0.1) is 6.58 Å². The summed E-state index contributed by atoms with van der Waals surface area (Å²) in [6, 6.07) is 31.6. The SMILES string of the molecule is C=CCCCCOC(c1ccccc1)(c1ccccc1)c1ccccc1. The van der Waals surface area contributed by atoms with Gasteiger partial charge >= 0.3 is 0 Å². The van der Waals surface area contributed by atoms with Gasteiger partial charge in [0.15, 0.2) is 0 Å². The minimum absolute atomic E-state index is 0.599. The summed E-state index contributed by atoms with van der Waals surface area (Å²) < 4.78 is 6.70. The predicted molar refractivity (Wildman–Crippen MR) is 109 cm³/mol. The largest absolute Gasteiger partial charge is 0.361 e. The van der Waals surface area contributed by atoms with Crippen LogP contribution in [0.2, 0.25) is 0 Å². The molecule has 0 atom stereocenters. The van der Waals surface area contributed by atoms with Gasteiger partial charge in [-0.05, 0) is 36.0 Å². The van der Waals surface area contributed by atoms with Crippen LogP contribution in [0.15, 0.2) is 104 Å². The van der Waals surface area contributed by atoms with E-state index in [1.54, 1.807) is 0 Å². The topological polar surface area (TPSA) is 9.23 Å². The summed E-state index contributed by atoms with van der Waals surface area (Å²) in [7, 11) is 0. The maximum absolute atomic E-state index is 6.70. The second kappa shape index (κ2) is 9.17. The van der Waals surface area contributed by atoms with E-state index in [1.165, 1.54) is 0 Å². The molecule has 0 bridgehead atoms. The molecule has 0 spiro atoms. The van der Waals surface area contributed by atoms with Gasteiger partial charge in [-0.3, -0.25) is 0 Å². The Labute approximate surface area is 157 Å². The molecule has 26 heavy (non-hydrogen) atoms. The summed E-state index contributed by atoms with van der Waals surface area (Å²) in [4.78, 5) is 0. The van der Waals surface area contributed by atoms with E-state index in [9.17, 15) is 0 Å². The molecule has 132 valence electrons. The molecule has 0 saturated carbocycles. The van der Waals surface area contributed by atoms with Crippen LogP contribution in [0.25, 0.3) is 0 Å². The third-order valence-corrected chi connectivity index (χ3v) is 4.66. The van der Waals surface area contributed by atoms with Crippen molar-refractivity contribution in [1.82, 2.24) is 0 Å². The summed E-state index contributed by atoms with van der Waals surface area (Å²) in [6.45, 7) is 4.51. The molecule has 0 N–H and O–H groups in total. The van der Waals surface area contributed by atoms with Crippen molar-refractivity contribution in [3.63, 3.8) is 0 Å². The van der Waals surface area contributed by atoms with Crippen molar-refractivity contribution in [2.24, 2.45) is 0 Å². The van der Waals surface area contributed by atoms with Crippen molar-refractivity contribution < 1.29 is 4.74 Å². The second-order valence-electron chi connectivity index (χ2n) is 6.41. The third kappa shape index (κ3) is 3.95. The van der Waals surface area contributed by atoms with Gasteiger partial charge in [-0.2, -0.15) is 0 Å². The first-order valence-electron chi connectivity index (χ1n) is 9.29. The Bertz CT molecular complexity index is 681. The van der Waals surface area contributed by atoms with Gasteiger partial charge < -0.3 is 4.74 Å². The molecule has 0 unspecified atom stereocenters. The van der Waals surface area contributed by atoms with E-state index < -0.39 is 5.60 Å². The van der Waals surface area contributed by atoms with E-state index in [1.807, 2.05) is 24.3 Å². The number of hydrogen-bond acceptors (Lipinski definition) is 1. The zero-order valence-corrected chi connectivity index (χ0v) is 15.2. The molecule has 1 nitrogen and oxygen atoms in total. The molecule has 3 aromatic rings. The van der Waals surface area contributed by atoms with Gasteiger partial charge in [-0.25, -0.2) is 0 Å². The predicted octanol–water partition coefficient (Wildman–Crippen LogP) is 6.35. The lowest BCUT2D eigenvalue weighted by molar-refractivity contribution is 0.0109. The van der Waals surface area contributed by atoms with E-state index in [-0.39, 0.29) is 0 Å². The Morgan fingerprint density at radius 2 is 1.08 bits per heavy atom. The van der Waals surface area contributed by atoms with Crippen molar-refractivity contribution in [2.45, 2.75) is 24.9 Å². The fourth-order valence-electron chi connectivity index (χ4n) is 3.38. The lowest BCUT2D eigenvalue weighted by Gasteiger charge is -2.36.